The first kappa shape index (κ1) is 15.1. The molecule has 2 nitrogen and oxygen atoms in total. The van der Waals surface area contributed by atoms with Crippen molar-refractivity contribution in [2.75, 3.05) is 19.6 Å². The molecule has 1 aliphatic heterocycles. The van der Waals surface area contributed by atoms with Gasteiger partial charge in [-0.3, -0.25) is 4.90 Å². The van der Waals surface area contributed by atoms with E-state index in [-0.39, 0.29) is 0 Å². The second kappa shape index (κ2) is 6.93. The third-order valence-corrected chi connectivity index (χ3v) is 5.03. The summed E-state index contributed by atoms with van der Waals surface area (Å²) in [7, 11) is 0. The molecule has 1 saturated heterocycles. The summed E-state index contributed by atoms with van der Waals surface area (Å²) in [6, 6.07) is 12.4. The Kier molecular flexibility index (Phi) is 4.97. The van der Waals surface area contributed by atoms with E-state index < -0.39 is 0 Å². The van der Waals surface area contributed by atoms with Crippen LogP contribution in [0.5, 0.6) is 0 Å². The second-order valence-corrected chi connectivity index (χ2v) is 7.37. The molecule has 1 aliphatic carbocycles. The maximum absolute atomic E-state index is 3.82. The van der Waals surface area contributed by atoms with Gasteiger partial charge < -0.3 is 5.32 Å². The van der Waals surface area contributed by atoms with E-state index in [9.17, 15) is 0 Å². The standard InChI is InChI=1S/C19H30N2/c1-15(2)12-18-13-20-19(17-8-9-17)14-21(18)11-10-16-6-4-3-5-7-16/h3-7,15,17-20H,8-14H2,1-2H3. The molecule has 2 unspecified atom stereocenters. The van der Waals surface area contributed by atoms with Gasteiger partial charge in [0.15, 0.2) is 0 Å². The van der Waals surface area contributed by atoms with Crippen LogP contribution in [0.25, 0.3) is 0 Å². The molecule has 0 radical (unpaired) electrons. The fraction of sp³-hybridized carbons (Fsp3) is 0.684. The third-order valence-electron chi connectivity index (χ3n) is 5.03. The summed E-state index contributed by atoms with van der Waals surface area (Å²) in [6.45, 7) is 8.36. The van der Waals surface area contributed by atoms with Gasteiger partial charge in [-0.2, -0.15) is 0 Å². The first-order valence-corrected chi connectivity index (χ1v) is 8.73. The van der Waals surface area contributed by atoms with Crippen LogP contribution in [0.2, 0.25) is 0 Å². The van der Waals surface area contributed by atoms with E-state index in [0.717, 1.165) is 23.9 Å². The number of nitrogens with zero attached hydrogens (tertiary/aromatic N) is 1. The van der Waals surface area contributed by atoms with Crippen LogP contribution in [-0.2, 0) is 6.42 Å². The zero-order valence-corrected chi connectivity index (χ0v) is 13.6. The highest BCUT2D eigenvalue weighted by Crippen LogP contribution is 2.34. The SMILES string of the molecule is CC(C)CC1CNC(C2CC2)CN1CCc1ccccc1. The molecule has 0 spiro atoms. The summed E-state index contributed by atoms with van der Waals surface area (Å²) in [4.78, 5) is 2.77. The van der Waals surface area contributed by atoms with Gasteiger partial charge in [-0.1, -0.05) is 44.2 Å². The Hall–Kier alpha value is -0.860. The van der Waals surface area contributed by atoms with Crippen LogP contribution in [0.15, 0.2) is 30.3 Å². The highest BCUT2D eigenvalue weighted by Gasteiger charge is 2.36. The van der Waals surface area contributed by atoms with Crippen LogP contribution in [0, 0.1) is 11.8 Å². The highest BCUT2D eigenvalue weighted by molar-refractivity contribution is 5.15. The monoisotopic (exact) mass is 286 g/mol. The maximum Gasteiger partial charge on any atom is 0.0224 e. The first-order valence-electron chi connectivity index (χ1n) is 8.73. The predicted octanol–water partition coefficient (Wildman–Crippen LogP) is 3.33. The molecule has 1 N–H and O–H groups in total. The van der Waals surface area contributed by atoms with Gasteiger partial charge in [0.1, 0.15) is 0 Å². The lowest BCUT2D eigenvalue weighted by atomic mass is 9.97. The van der Waals surface area contributed by atoms with Crippen LogP contribution in [0.1, 0.15) is 38.7 Å². The lowest BCUT2D eigenvalue weighted by Gasteiger charge is -2.41. The number of piperazine rings is 1. The van der Waals surface area contributed by atoms with Crippen molar-refractivity contribution in [1.29, 1.82) is 0 Å². The van der Waals surface area contributed by atoms with E-state index in [2.05, 4.69) is 54.4 Å². The largest absolute Gasteiger partial charge is 0.311 e. The average Bonchev–Trinajstić information content (AvgIpc) is 3.31. The lowest BCUT2D eigenvalue weighted by molar-refractivity contribution is 0.108. The van der Waals surface area contributed by atoms with E-state index in [1.54, 1.807) is 0 Å². The Morgan fingerprint density at radius 3 is 2.62 bits per heavy atom. The summed E-state index contributed by atoms with van der Waals surface area (Å²) in [5.74, 6) is 1.75. The van der Waals surface area contributed by atoms with Crippen molar-refractivity contribution in [1.82, 2.24) is 10.2 Å². The van der Waals surface area contributed by atoms with Gasteiger partial charge in [0.2, 0.25) is 0 Å². The van der Waals surface area contributed by atoms with Gasteiger partial charge in [0.25, 0.3) is 0 Å². The molecular formula is C19H30N2. The third kappa shape index (κ3) is 4.31. The fourth-order valence-corrected chi connectivity index (χ4v) is 3.66. The molecule has 1 aromatic carbocycles. The molecule has 0 amide bonds. The molecule has 0 bridgehead atoms. The number of benzene rings is 1. The molecular weight excluding hydrogens is 256 g/mol. The van der Waals surface area contributed by atoms with Crippen molar-refractivity contribution < 1.29 is 0 Å². The predicted molar refractivity (Wildman–Crippen MR) is 89.5 cm³/mol. The van der Waals surface area contributed by atoms with Gasteiger partial charge in [-0.15, -0.1) is 0 Å². The molecule has 3 rings (SSSR count). The van der Waals surface area contributed by atoms with Gasteiger partial charge in [-0.05, 0) is 43.1 Å². The van der Waals surface area contributed by atoms with Gasteiger partial charge in [0, 0.05) is 31.7 Å². The van der Waals surface area contributed by atoms with Crippen molar-refractivity contribution >= 4 is 0 Å². The number of nitrogens with one attached hydrogen (secondary N) is 1. The maximum atomic E-state index is 3.82. The van der Waals surface area contributed by atoms with E-state index in [4.69, 9.17) is 0 Å². The minimum atomic E-state index is 0.726. The Balaban J connectivity index is 1.58. The van der Waals surface area contributed by atoms with Crippen LogP contribution in [-0.4, -0.2) is 36.6 Å². The molecule has 116 valence electrons. The Labute approximate surface area is 129 Å². The minimum absolute atomic E-state index is 0.726. The molecule has 2 fully saturated rings. The second-order valence-electron chi connectivity index (χ2n) is 7.37. The summed E-state index contributed by atoms with van der Waals surface area (Å²) in [6.07, 6.45) is 5.39. The van der Waals surface area contributed by atoms with Gasteiger partial charge in [-0.25, -0.2) is 0 Å². The Bertz CT molecular complexity index is 424. The van der Waals surface area contributed by atoms with E-state index >= 15 is 0 Å². The molecule has 21 heavy (non-hydrogen) atoms. The van der Waals surface area contributed by atoms with Crippen LogP contribution in [0.3, 0.4) is 0 Å². The van der Waals surface area contributed by atoms with Crippen molar-refractivity contribution in [3.05, 3.63) is 35.9 Å². The number of hydrogen-bond acceptors (Lipinski definition) is 2. The van der Waals surface area contributed by atoms with Crippen LogP contribution >= 0.6 is 0 Å². The van der Waals surface area contributed by atoms with Crippen molar-refractivity contribution in [2.24, 2.45) is 11.8 Å². The smallest absolute Gasteiger partial charge is 0.0224 e. The summed E-state index contributed by atoms with van der Waals surface area (Å²) < 4.78 is 0. The summed E-state index contributed by atoms with van der Waals surface area (Å²) in [5, 5.41) is 3.82. The Morgan fingerprint density at radius 2 is 1.95 bits per heavy atom. The molecule has 1 saturated carbocycles. The lowest BCUT2D eigenvalue weighted by Crippen LogP contribution is -2.57. The fourth-order valence-electron chi connectivity index (χ4n) is 3.66. The van der Waals surface area contributed by atoms with Crippen LogP contribution < -0.4 is 5.32 Å². The zero-order chi connectivity index (χ0) is 14.7. The van der Waals surface area contributed by atoms with Crippen molar-refractivity contribution in [3.8, 4) is 0 Å². The van der Waals surface area contributed by atoms with Crippen LogP contribution in [0.4, 0.5) is 0 Å². The first-order chi connectivity index (χ1) is 10.2. The summed E-state index contributed by atoms with van der Waals surface area (Å²) >= 11 is 0. The van der Waals surface area contributed by atoms with Gasteiger partial charge in [0.05, 0.1) is 0 Å². The minimum Gasteiger partial charge on any atom is -0.311 e. The topological polar surface area (TPSA) is 15.3 Å². The quantitative estimate of drug-likeness (QED) is 0.863. The molecule has 2 heteroatoms. The molecule has 2 aliphatic rings. The van der Waals surface area contributed by atoms with Crippen molar-refractivity contribution in [3.63, 3.8) is 0 Å². The van der Waals surface area contributed by atoms with E-state index in [1.807, 2.05) is 0 Å². The highest BCUT2D eigenvalue weighted by atomic mass is 15.2. The molecule has 1 heterocycles. The molecule has 0 aromatic heterocycles. The summed E-state index contributed by atoms with van der Waals surface area (Å²) in [5.41, 5.74) is 1.47. The van der Waals surface area contributed by atoms with Crippen molar-refractivity contribution in [2.45, 2.75) is 51.6 Å². The van der Waals surface area contributed by atoms with E-state index in [0.29, 0.717) is 0 Å². The molecule has 1 aromatic rings. The molecule has 2 atom stereocenters. The van der Waals surface area contributed by atoms with E-state index in [1.165, 1.54) is 50.9 Å². The normalized spacial score (nSPS) is 27.2. The van der Waals surface area contributed by atoms with Gasteiger partial charge >= 0.3 is 0 Å². The zero-order valence-electron chi connectivity index (χ0n) is 13.6. The number of hydrogen-bond donors (Lipinski definition) is 1. The average molecular weight is 286 g/mol. The Morgan fingerprint density at radius 1 is 1.19 bits per heavy atom. The number of rotatable bonds is 6.